The zero-order valence-corrected chi connectivity index (χ0v) is 18.1. The number of nitrogens with one attached hydrogen (secondary N) is 1. The Kier molecular flexibility index (Phi) is 7.61. The van der Waals surface area contributed by atoms with Gasteiger partial charge in [0.2, 0.25) is 0 Å². The zero-order chi connectivity index (χ0) is 16.3. The Morgan fingerprint density at radius 1 is 1.12 bits per heavy atom. The second-order valence-corrected chi connectivity index (χ2v) is 7.77. The van der Waals surface area contributed by atoms with Crippen molar-refractivity contribution in [2.45, 2.75) is 45.6 Å². The summed E-state index contributed by atoms with van der Waals surface area (Å²) in [5.41, 5.74) is 0.639. The summed E-state index contributed by atoms with van der Waals surface area (Å²) in [5.74, 6) is 1.12. The lowest BCUT2D eigenvalue weighted by molar-refractivity contribution is 0.106. The molecule has 0 aromatic heterocycles. The summed E-state index contributed by atoms with van der Waals surface area (Å²) in [6.07, 6.45) is 5.65. The van der Waals surface area contributed by atoms with E-state index < -0.39 is 0 Å². The van der Waals surface area contributed by atoms with Crippen LogP contribution in [-0.4, -0.2) is 86.1 Å². The lowest BCUT2D eigenvalue weighted by Gasteiger charge is -2.39. The first kappa shape index (κ1) is 20.2. The van der Waals surface area contributed by atoms with E-state index in [0.29, 0.717) is 11.5 Å². The first-order valence-electron chi connectivity index (χ1n) is 9.58. The Bertz CT molecular complexity index is 416. The summed E-state index contributed by atoms with van der Waals surface area (Å²) in [5, 5.41) is 3.64. The molecule has 2 heterocycles. The molecule has 0 bridgehead atoms. The maximum absolute atomic E-state index is 4.54. The summed E-state index contributed by atoms with van der Waals surface area (Å²) >= 11 is 0. The SMILES string of the molecule is CCN1CCN(C(C)CNC(=NC)N2CCC3(CCC3)C2)CC1.I. The molecule has 1 atom stereocenters. The summed E-state index contributed by atoms with van der Waals surface area (Å²) < 4.78 is 0. The largest absolute Gasteiger partial charge is 0.355 e. The maximum Gasteiger partial charge on any atom is 0.193 e. The van der Waals surface area contributed by atoms with E-state index in [1.54, 1.807) is 0 Å². The molecule has 2 aliphatic heterocycles. The molecule has 3 aliphatic rings. The Morgan fingerprint density at radius 3 is 2.33 bits per heavy atom. The summed E-state index contributed by atoms with van der Waals surface area (Å²) in [4.78, 5) is 12.2. The standard InChI is InChI=1S/C18H35N5.HI/c1-4-21-10-12-22(13-11-21)16(2)14-20-17(19-3)23-9-8-18(15-23)6-5-7-18;/h16H,4-15H2,1-3H3,(H,19,20);1H. The molecular weight excluding hydrogens is 413 g/mol. The van der Waals surface area contributed by atoms with Gasteiger partial charge in [-0.1, -0.05) is 13.3 Å². The quantitative estimate of drug-likeness (QED) is 0.405. The van der Waals surface area contributed by atoms with Crippen molar-refractivity contribution in [3.63, 3.8) is 0 Å². The minimum Gasteiger partial charge on any atom is -0.355 e. The number of likely N-dealkylation sites (N-methyl/N-ethyl adjacent to an activating group) is 1. The lowest BCUT2D eigenvalue weighted by atomic mass is 9.68. The fourth-order valence-corrected chi connectivity index (χ4v) is 4.42. The van der Waals surface area contributed by atoms with Crippen molar-refractivity contribution in [1.29, 1.82) is 0 Å². The number of rotatable bonds is 4. The molecule has 1 saturated carbocycles. The molecule has 24 heavy (non-hydrogen) atoms. The molecule has 1 spiro atoms. The van der Waals surface area contributed by atoms with E-state index >= 15 is 0 Å². The van der Waals surface area contributed by atoms with E-state index in [9.17, 15) is 0 Å². The average Bonchev–Trinajstić information content (AvgIpc) is 3.01. The Labute approximate surface area is 165 Å². The first-order valence-corrected chi connectivity index (χ1v) is 9.58. The molecule has 1 aliphatic carbocycles. The van der Waals surface area contributed by atoms with Gasteiger partial charge in [-0.15, -0.1) is 24.0 Å². The molecular formula is C18H36IN5. The molecule has 1 N–H and O–H groups in total. The number of halogens is 1. The van der Waals surface area contributed by atoms with Gasteiger partial charge in [-0.3, -0.25) is 9.89 Å². The Hall–Kier alpha value is -0.0800. The average molecular weight is 449 g/mol. The number of likely N-dealkylation sites (tertiary alicyclic amines) is 1. The molecule has 0 radical (unpaired) electrons. The van der Waals surface area contributed by atoms with Crippen LogP contribution < -0.4 is 5.32 Å². The molecule has 2 saturated heterocycles. The minimum atomic E-state index is 0. The van der Waals surface area contributed by atoms with Gasteiger partial charge in [0.1, 0.15) is 0 Å². The summed E-state index contributed by atoms with van der Waals surface area (Å²) in [7, 11) is 1.93. The van der Waals surface area contributed by atoms with Gasteiger partial charge >= 0.3 is 0 Å². The van der Waals surface area contributed by atoms with Crippen LogP contribution in [0.3, 0.4) is 0 Å². The van der Waals surface area contributed by atoms with Gasteiger partial charge in [-0.25, -0.2) is 0 Å². The fourth-order valence-electron chi connectivity index (χ4n) is 4.42. The number of aliphatic imine (C=N–C) groups is 1. The molecule has 0 amide bonds. The van der Waals surface area contributed by atoms with Gasteiger partial charge in [-0.05, 0) is 38.1 Å². The minimum absolute atomic E-state index is 0. The van der Waals surface area contributed by atoms with Crippen molar-refractivity contribution in [2.75, 3.05) is 59.4 Å². The Balaban J connectivity index is 0.00000208. The van der Waals surface area contributed by atoms with E-state index in [0.717, 1.165) is 12.5 Å². The highest BCUT2D eigenvalue weighted by atomic mass is 127. The van der Waals surface area contributed by atoms with Crippen molar-refractivity contribution in [3.05, 3.63) is 0 Å². The fraction of sp³-hybridized carbons (Fsp3) is 0.944. The van der Waals surface area contributed by atoms with Crippen molar-refractivity contribution in [2.24, 2.45) is 10.4 Å². The topological polar surface area (TPSA) is 34.1 Å². The van der Waals surface area contributed by atoms with Crippen LogP contribution in [0.1, 0.15) is 39.5 Å². The van der Waals surface area contributed by atoms with Gasteiger partial charge in [0.25, 0.3) is 0 Å². The molecule has 0 aromatic carbocycles. The first-order chi connectivity index (χ1) is 11.2. The van der Waals surface area contributed by atoms with E-state index in [1.165, 1.54) is 71.5 Å². The second-order valence-electron chi connectivity index (χ2n) is 7.77. The third-order valence-corrected chi connectivity index (χ3v) is 6.40. The van der Waals surface area contributed by atoms with E-state index in [-0.39, 0.29) is 24.0 Å². The van der Waals surface area contributed by atoms with Crippen LogP contribution in [0.25, 0.3) is 0 Å². The normalized spacial score (nSPS) is 26.1. The number of hydrogen-bond donors (Lipinski definition) is 1. The van der Waals surface area contributed by atoms with Crippen molar-refractivity contribution < 1.29 is 0 Å². The number of piperazine rings is 1. The monoisotopic (exact) mass is 449 g/mol. The predicted octanol–water partition coefficient (Wildman–Crippen LogP) is 2.08. The van der Waals surface area contributed by atoms with Crippen LogP contribution >= 0.6 is 24.0 Å². The van der Waals surface area contributed by atoms with Crippen molar-refractivity contribution >= 4 is 29.9 Å². The molecule has 0 aromatic rings. The molecule has 1 unspecified atom stereocenters. The second kappa shape index (κ2) is 9.03. The highest BCUT2D eigenvalue weighted by Gasteiger charge is 2.43. The third kappa shape index (κ3) is 4.55. The number of guanidine groups is 1. The molecule has 140 valence electrons. The van der Waals surface area contributed by atoms with Gasteiger partial charge in [0, 0.05) is 58.9 Å². The lowest BCUT2D eigenvalue weighted by Crippen LogP contribution is -2.53. The van der Waals surface area contributed by atoms with E-state index in [2.05, 4.69) is 38.9 Å². The van der Waals surface area contributed by atoms with Crippen LogP contribution in [-0.2, 0) is 0 Å². The van der Waals surface area contributed by atoms with Gasteiger partial charge in [-0.2, -0.15) is 0 Å². The van der Waals surface area contributed by atoms with Crippen LogP contribution in [0.4, 0.5) is 0 Å². The van der Waals surface area contributed by atoms with Gasteiger partial charge in [0.15, 0.2) is 5.96 Å². The zero-order valence-electron chi connectivity index (χ0n) is 15.8. The summed E-state index contributed by atoms with van der Waals surface area (Å²) in [6.45, 7) is 14.0. The summed E-state index contributed by atoms with van der Waals surface area (Å²) in [6, 6.07) is 0.575. The van der Waals surface area contributed by atoms with Crippen LogP contribution in [0.5, 0.6) is 0 Å². The molecule has 3 fully saturated rings. The maximum atomic E-state index is 4.54. The third-order valence-electron chi connectivity index (χ3n) is 6.40. The van der Waals surface area contributed by atoms with E-state index in [4.69, 9.17) is 0 Å². The van der Waals surface area contributed by atoms with Crippen LogP contribution in [0, 0.1) is 5.41 Å². The number of nitrogens with zero attached hydrogens (tertiary/aromatic N) is 4. The van der Waals surface area contributed by atoms with Gasteiger partial charge in [0.05, 0.1) is 0 Å². The Morgan fingerprint density at radius 2 is 1.83 bits per heavy atom. The smallest absolute Gasteiger partial charge is 0.193 e. The van der Waals surface area contributed by atoms with Gasteiger partial charge < -0.3 is 15.1 Å². The van der Waals surface area contributed by atoms with Crippen molar-refractivity contribution in [1.82, 2.24) is 20.0 Å². The number of hydrogen-bond acceptors (Lipinski definition) is 3. The highest BCUT2D eigenvalue weighted by molar-refractivity contribution is 14.0. The predicted molar refractivity (Wildman–Crippen MR) is 112 cm³/mol. The highest BCUT2D eigenvalue weighted by Crippen LogP contribution is 2.47. The molecule has 6 heteroatoms. The van der Waals surface area contributed by atoms with Crippen LogP contribution in [0.15, 0.2) is 4.99 Å². The van der Waals surface area contributed by atoms with E-state index in [1.807, 2.05) is 7.05 Å². The van der Waals surface area contributed by atoms with Crippen LogP contribution in [0.2, 0.25) is 0 Å². The molecule has 5 nitrogen and oxygen atoms in total. The molecule has 3 rings (SSSR count). The van der Waals surface area contributed by atoms with Crippen molar-refractivity contribution in [3.8, 4) is 0 Å².